The molecule has 1 atom stereocenters. The highest BCUT2D eigenvalue weighted by molar-refractivity contribution is 5.32. The summed E-state index contributed by atoms with van der Waals surface area (Å²) in [5, 5.41) is 25.0. The second-order valence-electron chi connectivity index (χ2n) is 3.96. The molecule has 15 heavy (non-hydrogen) atoms. The standard InChI is InChI=1S/C9H11N5O/c15-8(6-1-2-6)5-7-3-4-9-10-12-13-14(9)11-7/h3-4,6,8,15H,1-2,5H2. The smallest absolute Gasteiger partial charge is 0.199 e. The van der Waals surface area contributed by atoms with Crippen molar-refractivity contribution in [3.63, 3.8) is 0 Å². The van der Waals surface area contributed by atoms with Crippen LogP contribution >= 0.6 is 0 Å². The fourth-order valence-electron chi connectivity index (χ4n) is 1.66. The van der Waals surface area contributed by atoms with Gasteiger partial charge in [-0.15, -0.1) is 9.73 Å². The van der Waals surface area contributed by atoms with Crippen molar-refractivity contribution in [1.82, 2.24) is 25.3 Å². The lowest BCUT2D eigenvalue weighted by Gasteiger charge is -2.07. The van der Waals surface area contributed by atoms with Gasteiger partial charge in [0, 0.05) is 6.42 Å². The third kappa shape index (κ3) is 1.68. The Bertz CT molecular complexity index is 478. The second-order valence-corrected chi connectivity index (χ2v) is 3.96. The fourth-order valence-corrected chi connectivity index (χ4v) is 1.66. The van der Waals surface area contributed by atoms with E-state index in [0.29, 0.717) is 18.0 Å². The van der Waals surface area contributed by atoms with Crippen molar-refractivity contribution in [2.45, 2.75) is 25.4 Å². The van der Waals surface area contributed by atoms with Gasteiger partial charge in [-0.25, -0.2) is 0 Å². The van der Waals surface area contributed by atoms with Crippen molar-refractivity contribution in [1.29, 1.82) is 0 Å². The summed E-state index contributed by atoms with van der Waals surface area (Å²) in [6, 6.07) is 3.67. The molecule has 0 radical (unpaired) electrons. The van der Waals surface area contributed by atoms with Crippen molar-refractivity contribution in [3.05, 3.63) is 17.8 Å². The van der Waals surface area contributed by atoms with Crippen LogP contribution in [0.4, 0.5) is 0 Å². The van der Waals surface area contributed by atoms with Gasteiger partial charge in [0.1, 0.15) is 0 Å². The highest BCUT2D eigenvalue weighted by atomic mass is 16.3. The lowest BCUT2D eigenvalue weighted by Crippen LogP contribution is -2.14. The molecule has 2 heterocycles. The number of hydrogen-bond donors (Lipinski definition) is 1. The van der Waals surface area contributed by atoms with Crippen LogP contribution in [-0.4, -0.2) is 36.5 Å². The molecule has 0 spiro atoms. The highest BCUT2D eigenvalue weighted by Gasteiger charge is 2.29. The van der Waals surface area contributed by atoms with Gasteiger partial charge in [0.15, 0.2) is 5.65 Å². The molecule has 1 saturated carbocycles. The summed E-state index contributed by atoms with van der Waals surface area (Å²) in [4.78, 5) is 0. The molecule has 2 aromatic heterocycles. The zero-order valence-corrected chi connectivity index (χ0v) is 8.11. The average molecular weight is 205 g/mol. The van der Waals surface area contributed by atoms with Crippen molar-refractivity contribution < 1.29 is 5.11 Å². The van der Waals surface area contributed by atoms with E-state index in [1.54, 1.807) is 0 Å². The minimum absolute atomic E-state index is 0.272. The van der Waals surface area contributed by atoms with Crippen LogP contribution in [0.2, 0.25) is 0 Å². The molecule has 0 bridgehead atoms. The van der Waals surface area contributed by atoms with Gasteiger partial charge in [-0.3, -0.25) is 0 Å². The van der Waals surface area contributed by atoms with Crippen molar-refractivity contribution >= 4 is 5.65 Å². The maximum atomic E-state index is 9.76. The molecule has 0 saturated heterocycles. The number of aliphatic hydroxyl groups is 1. The SMILES string of the molecule is OC(Cc1ccc2nnnn2n1)C1CC1. The zero-order valence-electron chi connectivity index (χ0n) is 8.11. The Morgan fingerprint density at radius 2 is 2.33 bits per heavy atom. The van der Waals surface area contributed by atoms with E-state index >= 15 is 0 Å². The first-order valence-corrected chi connectivity index (χ1v) is 5.05. The van der Waals surface area contributed by atoms with Crippen LogP contribution in [0.25, 0.3) is 5.65 Å². The zero-order chi connectivity index (χ0) is 10.3. The third-order valence-corrected chi connectivity index (χ3v) is 2.71. The molecule has 6 heteroatoms. The Balaban J connectivity index is 1.83. The summed E-state index contributed by atoms with van der Waals surface area (Å²) < 4.78 is 1.38. The first-order chi connectivity index (χ1) is 7.33. The van der Waals surface area contributed by atoms with Gasteiger partial charge in [0.25, 0.3) is 0 Å². The summed E-state index contributed by atoms with van der Waals surface area (Å²) in [6.07, 6.45) is 2.58. The number of aromatic nitrogens is 5. The lowest BCUT2D eigenvalue weighted by molar-refractivity contribution is 0.150. The number of aliphatic hydroxyl groups excluding tert-OH is 1. The highest BCUT2D eigenvalue weighted by Crippen LogP contribution is 2.33. The van der Waals surface area contributed by atoms with E-state index in [4.69, 9.17) is 0 Å². The Morgan fingerprint density at radius 1 is 1.47 bits per heavy atom. The van der Waals surface area contributed by atoms with Gasteiger partial charge >= 0.3 is 0 Å². The number of rotatable bonds is 3. The van der Waals surface area contributed by atoms with E-state index < -0.39 is 0 Å². The Morgan fingerprint density at radius 3 is 3.13 bits per heavy atom. The van der Waals surface area contributed by atoms with Crippen LogP contribution in [-0.2, 0) is 6.42 Å². The van der Waals surface area contributed by atoms with Crippen LogP contribution in [0.3, 0.4) is 0 Å². The molecule has 0 aromatic carbocycles. The van der Waals surface area contributed by atoms with Gasteiger partial charge in [-0.05, 0) is 41.3 Å². The largest absolute Gasteiger partial charge is 0.392 e. The van der Waals surface area contributed by atoms with Gasteiger partial charge in [-0.2, -0.15) is 5.10 Å². The molecule has 78 valence electrons. The normalized spacial score (nSPS) is 18.2. The van der Waals surface area contributed by atoms with E-state index in [1.807, 2.05) is 12.1 Å². The molecular formula is C9H11N5O. The van der Waals surface area contributed by atoms with Crippen molar-refractivity contribution in [3.8, 4) is 0 Å². The molecule has 1 fully saturated rings. The minimum Gasteiger partial charge on any atom is -0.392 e. The van der Waals surface area contributed by atoms with E-state index in [0.717, 1.165) is 18.5 Å². The lowest BCUT2D eigenvalue weighted by atomic mass is 10.1. The minimum atomic E-state index is -0.272. The van der Waals surface area contributed by atoms with Gasteiger partial charge in [0.05, 0.1) is 11.8 Å². The summed E-state index contributed by atoms with van der Waals surface area (Å²) in [5.41, 5.74) is 1.45. The second kappa shape index (κ2) is 3.23. The van der Waals surface area contributed by atoms with Crippen molar-refractivity contribution in [2.24, 2.45) is 5.92 Å². The van der Waals surface area contributed by atoms with Crippen LogP contribution in [0.5, 0.6) is 0 Å². The molecular weight excluding hydrogens is 194 g/mol. The van der Waals surface area contributed by atoms with Crippen LogP contribution in [0.1, 0.15) is 18.5 Å². The molecule has 0 amide bonds. The molecule has 1 aliphatic carbocycles. The molecule has 0 aliphatic heterocycles. The first kappa shape index (κ1) is 8.72. The quantitative estimate of drug-likeness (QED) is 0.753. The van der Waals surface area contributed by atoms with Crippen LogP contribution < -0.4 is 0 Å². The molecule has 3 rings (SSSR count). The van der Waals surface area contributed by atoms with Crippen LogP contribution in [0, 0.1) is 5.92 Å². The van der Waals surface area contributed by atoms with Gasteiger partial charge < -0.3 is 5.11 Å². The summed E-state index contributed by atoms with van der Waals surface area (Å²) in [6.45, 7) is 0. The van der Waals surface area contributed by atoms with E-state index in [2.05, 4.69) is 20.6 Å². The summed E-state index contributed by atoms with van der Waals surface area (Å²) in [7, 11) is 0. The van der Waals surface area contributed by atoms with Gasteiger partial charge in [0.2, 0.25) is 0 Å². The Labute approximate surface area is 85.9 Å². The van der Waals surface area contributed by atoms with Crippen LogP contribution in [0.15, 0.2) is 12.1 Å². The number of hydrogen-bond acceptors (Lipinski definition) is 5. The van der Waals surface area contributed by atoms with E-state index in [9.17, 15) is 5.11 Å². The first-order valence-electron chi connectivity index (χ1n) is 5.05. The molecule has 1 aliphatic rings. The molecule has 2 aromatic rings. The van der Waals surface area contributed by atoms with E-state index in [1.165, 1.54) is 4.63 Å². The topological polar surface area (TPSA) is 76.2 Å². The summed E-state index contributed by atoms with van der Waals surface area (Å²) in [5.74, 6) is 0.469. The molecule has 1 unspecified atom stereocenters. The number of tetrazole rings is 1. The maximum absolute atomic E-state index is 9.76. The molecule has 6 nitrogen and oxygen atoms in total. The van der Waals surface area contributed by atoms with Gasteiger partial charge in [-0.1, -0.05) is 0 Å². The van der Waals surface area contributed by atoms with E-state index in [-0.39, 0.29) is 6.10 Å². The number of fused-ring (bicyclic) bond motifs is 1. The average Bonchev–Trinajstić information content (AvgIpc) is 2.98. The van der Waals surface area contributed by atoms with Crippen molar-refractivity contribution in [2.75, 3.05) is 0 Å². The monoisotopic (exact) mass is 205 g/mol. The Kier molecular flexibility index (Phi) is 1.88. The predicted octanol–water partition coefficient (Wildman–Crippen LogP) is -0.167. The fraction of sp³-hybridized carbons (Fsp3) is 0.556. The predicted molar refractivity (Wildman–Crippen MR) is 51.0 cm³/mol. The molecule has 1 N–H and O–H groups in total. The number of nitrogens with zero attached hydrogens (tertiary/aromatic N) is 5. The Hall–Kier alpha value is -1.56. The third-order valence-electron chi connectivity index (χ3n) is 2.71. The maximum Gasteiger partial charge on any atom is 0.199 e. The summed E-state index contributed by atoms with van der Waals surface area (Å²) >= 11 is 0.